The van der Waals surface area contributed by atoms with Gasteiger partial charge in [0, 0.05) is 30.5 Å². The molecule has 0 bridgehead atoms. The predicted octanol–water partition coefficient (Wildman–Crippen LogP) is 4.45. The van der Waals surface area contributed by atoms with Crippen LogP contribution in [0.1, 0.15) is 27.2 Å². The van der Waals surface area contributed by atoms with E-state index < -0.39 is 0 Å². The van der Waals surface area contributed by atoms with Crippen molar-refractivity contribution in [2.75, 3.05) is 36.5 Å². The van der Waals surface area contributed by atoms with Crippen LogP contribution in [-0.2, 0) is 9.53 Å². The van der Waals surface area contributed by atoms with Crippen LogP contribution in [0.3, 0.4) is 0 Å². The lowest BCUT2D eigenvalue weighted by Crippen LogP contribution is -2.36. The summed E-state index contributed by atoms with van der Waals surface area (Å²) in [6.45, 7) is 9.04. The molecule has 0 spiro atoms. The molecule has 1 amide bonds. The Morgan fingerprint density at radius 2 is 2.06 bits per heavy atom. The van der Waals surface area contributed by atoms with Crippen LogP contribution in [-0.4, -0.2) is 52.4 Å². The molecule has 0 atom stereocenters. The van der Waals surface area contributed by atoms with Crippen LogP contribution in [0.4, 0.5) is 10.8 Å². The van der Waals surface area contributed by atoms with Gasteiger partial charge in [-0.15, -0.1) is 11.3 Å². The highest BCUT2D eigenvalue weighted by Gasteiger charge is 2.22. The van der Waals surface area contributed by atoms with Gasteiger partial charge in [-0.3, -0.25) is 9.89 Å². The number of carbonyl (C=O) groups is 1. The topological polar surface area (TPSA) is 96.0 Å². The number of hydrogen-bond donors (Lipinski definition) is 2. The molecule has 166 valence electrons. The molecule has 1 saturated heterocycles. The van der Waals surface area contributed by atoms with Crippen LogP contribution >= 0.6 is 11.3 Å². The summed E-state index contributed by atoms with van der Waals surface area (Å²) < 4.78 is 6.52. The van der Waals surface area contributed by atoms with Crippen molar-refractivity contribution in [3.8, 4) is 11.4 Å². The van der Waals surface area contributed by atoms with E-state index in [1.54, 1.807) is 6.20 Å². The fraction of sp³-hybridized carbons (Fsp3) is 0.391. The zero-order chi connectivity index (χ0) is 22.3. The third-order valence-corrected chi connectivity index (χ3v) is 6.38. The summed E-state index contributed by atoms with van der Waals surface area (Å²) in [5.74, 6) is 1.54. The molecule has 2 N–H and O–H groups in total. The van der Waals surface area contributed by atoms with E-state index in [0.717, 1.165) is 50.6 Å². The Kier molecular flexibility index (Phi) is 5.30. The maximum absolute atomic E-state index is 12.5. The molecular formula is C23H26N6O2S. The average molecular weight is 451 g/mol. The Balaban J connectivity index is 1.60. The molecule has 0 unspecified atom stereocenters. The number of nitrogens with one attached hydrogen (secondary N) is 2. The van der Waals surface area contributed by atoms with Gasteiger partial charge in [0.15, 0.2) is 11.6 Å². The van der Waals surface area contributed by atoms with E-state index in [2.05, 4.69) is 41.2 Å². The minimum Gasteiger partial charge on any atom is -0.378 e. The number of amides is 1. The van der Waals surface area contributed by atoms with Gasteiger partial charge in [0.05, 0.1) is 40.1 Å². The first-order valence-corrected chi connectivity index (χ1v) is 11.6. The Morgan fingerprint density at radius 1 is 1.25 bits per heavy atom. The normalized spacial score (nSPS) is 14.9. The minimum absolute atomic E-state index is 0.00771. The number of thiophene rings is 1. The van der Waals surface area contributed by atoms with Crippen LogP contribution in [0.2, 0.25) is 0 Å². The SMILES string of the molecule is CC(C)(C)CC(=O)Nc1cc2nc(-c3cccc4[nH]ncc34)nc(N3CCOCC3)c2s1. The van der Waals surface area contributed by atoms with Crippen molar-refractivity contribution >= 4 is 49.2 Å². The summed E-state index contributed by atoms with van der Waals surface area (Å²) in [5, 5.41) is 12.0. The van der Waals surface area contributed by atoms with Gasteiger partial charge in [0.1, 0.15) is 0 Å². The van der Waals surface area contributed by atoms with Crippen LogP contribution < -0.4 is 10.2 Å². The number of hydrogen-bond acceptors (Lipinski definition) is 7. The van der Waals surface area contributed by atoms with Crippen LogP contribution in [0.25, 0.3) is 32.5 Å². The van der Waals surface area contributed by atoms with Gasteiger partial charge in [-0.1, -0.05) is 32.9 Å². The summed E-state index contributed by atoms with van der Waals surface area (Å²) >= 11 is 1.52. The van der Waals surface area contributed by atoms with Crippen molar-refractivity contribution in [2.45, 2.75) is 27.2 Å². The first-order chi connectivity index (χ1) is 15.4. The summed E-state index contributed by atoms with van der Waals surface area (Å²) in [6.07, 6.45) is 2.26. The summed E-state index contributed by atoms with van der Waals surface area (Å²) in [4.78, 5) is 24.6. The molecular weight excluding hydrogens is 424 g/mol. The second-order valence-electron chi connectivity index (χ2n) is 9.22. The van der Waals surface area contributed by atoms with E-state index >= 15 is 0 Å². The zero-order valence-corrected chi connectivity index (χ0v) is 19.3. The highest BCUT2D eigenvalue weighted by atomic mass is 32.1. The largest absolute Gasteiger partial charge is 0.378 e. The van der Waals surface area contributed by atoms with Gasteiger partial charge >= 0.3 is 0 Å². The third kappa shape index (κ3) is 4.18. The fourth-order valence-electron chi connectivity index (χ4n) is 3.91. The summed E-state index contributed by atoms with van der Waals surface area (Å²) in [6, 6.07) is 7.93. The maximum atomic E-state index is 12.5. The second-order valence-corrected chi connectivity index (χ2v) is 10.3. The smallest absolute Gasteiger partial charge is 0.225 e. The number of morpholine rings is 1. The predicted molar refractivity (Wildman–Crippen MR) is 128 cm³/mol. The molecule has 1 aliphatic heterocycles. The molecule has 4 aromatic rings. The molecule has 0 aliphatic carbocycles. The van der Waals surface area contributed by atoms with Gasteiger partial charge in [-0.2, -0.15) is 5.10 Å². The highest BCUT2D eigenvalue weighted by molar-refractivity contribution is 7.23. The van der Waals surface area contributed by atoms with Crippen molar-refractivity contribution < 1.29 is 9.53 Å². The third-order valence-electron chi connectivity index (χ3n) is 5.34. The molecule has 1 aromatic carbocycles. The standard InChI is InChI=1S/C23H26N6O2S/c1-23(2,3)12-18(30)26-19-11-17-20(32-19)22(29-7-9-31-10-8-29)27-21(25-17)14-5-4-6-16-15(14)13-24-28-16/h4-6,11,13H,7-10,12H2,1-3H3,(H,24,28)(H,26,30). The van der Waals surface area contributed by atoms with E-state index in [1.807, 2.05) is 24.3 Å². The van der Waals surface area contributed by atoms with Gasteiger partial charge in [-0.25, -0.2) is 9.97 Å². The second kappa shape index (κ2) is 8.14. The van der Waals surface area contributed by atoms with Crippen molar-refractivity contribution in [3.05, 3.63) is 30.5 Å². The molecule has 4 heterocycles. The van der Waals surface area contributed by atoms with Crippen LogP contribution in [0.15, 0.2) is 30.5 Å². The Labute approximate surface area is 190 Å². The van der Waals surface area contributed by atoms with Crippen LogP contribution in [0, 0.1) is 5.41 Å². The van der Waals surface area contributed by atoms with E-state index in [4.69, 9.17) is 14.7 Å². The lowest BCUT2D eigenvalue weighted by molar-refractivity contribution is -0.117. The lowest BCUT2D eigenvalue weighted by Gasteiger charge is -2.28. The van der Waals surface area contributed by atoms with Crippen molar-refractivity contribution in [2.24, 2.45) is 5.41 Å². The minimum atomic E-state index is -0.0734. The molecule has 3 aromatic heterocycles. The number of anilines is 2. The fourth-order valence-corrected chi connectivity index (χ4v) is 4.94. The van der Waals surface area contributed by atoms with Gasteiger partial charge in [0.2, 0.25) is 5.91 Å². The van der Waals surface area contributed by atoms with E-state index in [-0.39, 0.29) is 11.3 Å². The van der Waals surface area contributed by atoms with E-state index in [1.165, 1.54) is 11.3 Å². The van der Waals surface area contributed by atoms with Crippen molar-refractivity contribution in [3.63, 3.8) is 0 Å². The first-order valence-electron chi connectivity index (χ1n) is 10.7. The Morgan fingerprint density at radius 3 is 2.84 bits per heavy atom. The molecule has 1 aliphatic rings. The highest BCUT2D eigenvalue weighted by Crippen LogP contribution is 2.38. The number of ether oxygens (including phenoxy) is 1. The zero-order valence-electron chi connectivity index (χ0n) is 18.4. The number of fused-ring (bicyclic) bond motifs is 2. The van der Waals surface area contributed by atoms with E-state index in [0.29, 0.717) is 25.5 Å². The molecule has 32 heavy (non-hydrogen) atoms. The van der Waals surface area contributed by atoms with Crippen LogP contribution in [0.5, 0.6) is 0 Å². The molecule has 0 saturated carbocycles. The Hall–Kier alpha value is -3.04. The Bertz CT molecular complexity index is 1280. The number of rotatable bonds is 4. The van der Waals surface area contributed by atoms with Crippen molar-refractivity contribution in [1.82, 2.24) is 20.2 Å². The summed E-state index contributed by atoms with van der Waals surface area (Å²) in [5.41, 5.74) is 2.63. The van der Waals surface area contributed by atoms with E-state index in [9.17, 15) is 4.79 Å². The number of aromatic amines is 1. The average Bonchev–Trinajstić information content (AvgIpc) is 3.38. The van der Waals surface area contributed by atoms with Crippen molar-refractivity contribution in [1.29, 1.82) is 0 Å². The molecule has 1 fully saturated rings. The lowest BCUT2D eigenvalue weighted by atomic mass is 9.92. The van der Waals surface area contributed by atoms with Gasteiger partial charge < -0.3 is 15.0 Å². The van der Waals surface area contributed by atoms with Gasteiger partial charge in [0.25, 0.3) is 0 Å². The molecule has 5 rings (SSSR count). The van der Waals surface area contributed by atoms with Gasteiger partial charge in [-0.05, 0) is 17.5 Å². The number of benzene rings is 1. The number of H-pyrrole nitrogens is 1. The number of nitrogens with zero attached hydrogens (tertiary/aromatic N) is 4. The first kappa shape index (κ1) is 20.8. The molecule has 0 radical (unpaired) electrons. The molecule has 9 heteroatoms. The summed E-state index contributed by atoms with van der Waals surface area (Å²) in [7, 11) is 0. The number of aromatic nitrogens is 4. The maximum Gasteiger partial charge on any atom is 0.225 e. The molecule has 8 nitrogen and oxygen atoms in total. The number of carbonyl (C=O) groups excluding carboxylic acids is 1. The quantitative estimate of drug-likeness (QED) is 0.477. The monoisotopic (exact) mass is 450 g/mol.